The number of halogens is 2. The summed E-state index contributed by atoms with van der Waals surface area (Å²) in [7, 11) is 16.1. The summed E-state index contributed by atoms with van der Waals surface area (Å²) in [6, 6.07) is 34.1. The van der Waals surface area contributed by atoms with Crippen molar-refractivity contribution < 1.29 is 12.9 Å². The molecule has 0 radical (unpaired) electrons. The predicted octanol–water partition coefficient (Wildman–Crippen LogP) is 10.5. The van der Waals surface area contributed by atoms with Gasteiger partial charge >= 0.3 is 217 Å². The molecule has 0 aromatic heterocycles. The fourth-order valence-electron chi connectivity index (χ4n) is 6.63. The average Bonchev–Trinajstić information content (AvgIpc) is 3.50. The third-order valence-electron chi connectivity index (χ3n) is 8.53. The Morgan fingerprint density at radius 1 is 0.611 bits per heavy atom. The molecule has 0 amide bonds. The van der Waals surface area contributed by atoms with Crippen LogP contribution in [0, 0.1) is 0 Å². The van der Waals surface area contributed by atoms with E-state index >= 15 is 0 Å². The normalized spacial score (nSPS) is 21.2. The molecule has 0 fully saturated rings. The van der Waals surface area contributed by atoms with Crippen molar-refractivity contribution in [2.24, 2.45) is 0 Å². The first-order valence-corrected chi connectivity index (χ1v) is 28.4. The molecule has 4 aromatic carbocycles. The van der Waals surface area contributed by atoms with E-state index in [-0.39, 0.29) is 7.25 Å². The first-order valence-electron chi connectivity index (χ1n) is 12.6. The van der Waals surface area contributed by atoms with Gasteiger partial charge in [0.05, 0.1) is 0 Å². The molecule has 2 unspecified atom stereocenters. The van der Waals surface area contributed by atoms with Gasteiger partial charge in [-0.2, -0.15) is 0 Å². The molecule has 3 heteroatoms. The zero-order valence-electron chi connectivity index (χ0n) is 20.7. The Morgan fingerprint density at radius 3 is 1.86 bits per heavy atom. The van der Waals surface area contributed by atoms with Crippen LogP contribution in [-0.2, 0) is 12.9 Å². The zero-order chi connectivity index (χ0) is 25.3. The number of allylic oxidation sites excluding steroid dienone is 2. The molecule has 0 aliphatic heterocycles. The number of rotatable bonds is 4. The van der Waals surface area contributed by atoms with Crippen molar-refractivity contribution >= 4 is 33.4 Å². The summed E-state index contributed by atoms with van der Waals surface area (Å²) in [5.74, 6) is 0. The molecule has 0 nitrogen and oxygen atoms in total. The van der Waals surface area contributed by atoms with Crippen LogP contribution in [0.25, 0.3) is 34.4 Å². The molecule has 0 bridgehead atoms. The molecule has 2 aliphatic carbocycles. The fraction of sp³-hybridized carbons (Fsp3) is 0.121. The number of hydrogen-bond acceptors (Lipinski definition) is 0. The summed E-state index contributed by atoms with van der Waals surface area (Å²) in [5.41, 5.74) is 9.49. The third kappa shape index (κ3) is 3.55. The maximum atomic E-state index is 8.07. The van der Waals surface area contributed by atoms with Gasteiger partial charge in [-0.3, -0.25) is 0 Å². The predicted molar refractivity (Wildman–Crippen MR) is 158 cm³/mol. The first-order chi connectivity index (χ1) is 16.9. The van der Waals surface area contributed by atoms with Crippen LogP contribution in [-0.4, -0.2) is 4.21 Å². The number of hydrogen-bond donors (Lipinski definition) is 0. The van der Waals surface area contributed by atoms with Gasteiger partial charge in [0.15, 0.2) is 0 Å². The number of benzene rings is 4. The maximum absolute atomic E-state index is 8.07. The van der Waals surface area contributed by atoms with Gasteiger partial charge in [-0.1, -0.05) is 0 Å². The topological polar surface area (TPSA) is 0 Å². The van der Waals surface area contributed by atoms with E-state index in [0.29, 0.717) is 0 Å². The van der Waals surface area contributed by atoms with Gasteiger partial charge in [0.2, 0.25) is 0 Å². The molecule has 2 aliphatic rings. The molecule has 36 heavy (non-hydrogen) atoms. The Hall–Kier alpha value is -2.31. The van der Waals surface area contributed by atoms with E-state index in [1.54, 1.807) is 0 Å². The van der Waals surface area contributed by atoms with Gasteiger partial charge in [-0.15, -0.1) is 0 Å². The second-order valence-electron chi connectivity index (χ2n) is 12.5. The summed E-state index contributed by atoms with van der Waals surface area (Å²) in [6.45, 7) is 0. The molecule has 0 N–H and O–H groups in total. The molecule has 4 aromatic rings. The van der Waals surface area contributed by atoms with Crippen molar-refractivity contribution in [3.8, 4) is 22.3 Å². The second kappa shape index (κ2) is 6.96. The molecule has 180 valence electrons. The minimum atomic E-state index is -5.85. The quantitative estimate of drug-likeness (QED) is 0.223. The van der Waals surface area contributed by atoms with E-state index in [4.69, 9.17) is 21.2 Å². The van der Waals surface area contributed by atoms with Crippen molar-refractivity contribution in [2.75, 3.05) is 0 Å². The van der Waals surface area contributed by atoms with Crippen LogP contribution in [0.2, 0.25) is 9.26 Å². The van der Waals surface area contributed by atoms with Crippen LogP contribution in [0.4, 0.5) is 0 Å². The minimum absolute atomic E-state index is 0.143. The third-order valence-corrected chi connectivity index (χ3v) is 28.9. The molecule has 0 heterocycles. The second-order valence-corrected chi connectivity index (χ2v) is 58.2. The molecular weight excluding hydrogens is 558 g/mol. The average molecular weight is 589 g/mol. The van der Waals surface area contributed by atoms with Crippen LogP contribution in [0.3, 0.4) is 0 Å². The molecule has 6 rings (SSSR count). The van der Waals surface area contributed by atoms with E-state index in [1.807, 2.05) is 0 Å². The van der Waals surface area contributed by atoms with Crippen LogP contribution in [0.1, 0.15) is 29.5 Å². The van der Waals surface area contributed by atoms with Crippen LogP contribution in [0.15, 0.2) is 109 Å². The molecule has 2 atom stereocenters. The van der Waals surface area contributed by atoms with Crippen molar-refractivity contribution in [3.05, 3.63) is 131 Å². The summed E-state index contributed by atoms with van der Waals surface area (Å²) in [4.78, 5) is 0. The first kappa shape index (κ1) is 24.1. The van der Waals surface area contributed by atoms with Gasteiger partial charge in [-0.25, -0.2) is 0 Å². The van der Waals surface area contributed by atoms with Crippen molar-refractivity contribution in [1.82, 2.24) is 0 Å². The molecular formula is C33H30Cl2Zr. The van der Waals surface area contributed by atoms with Gasteiger partial charge in [0, 0.05) is 0 Å². The summed E-state index contributed by atoms with van der Waals surface area (Å²) in [6.07, 6.45) is 8.81. The van der Waals surface area contributed by atoms with Crippen molar-refractivity contribution in [2.45, 2.75) is 16.5 Å². The molecule has 0 spiro atoms. The van der Waals surface area contributed by atoms with Gasteiger partial charge < -0.3 is 0 Å². The zero-order valence-corrected chi connectivity index (χ0v) is 24.6. The molecule has 0 saturated carbocycles. The van der Waals surface area contributed by atoms with Crippen LogP contribution >= 0.6 is 17.0 Å². The standard InChI is InChI=1S/C21H15.C9H7.2CH3.CH2.2ClH.Zr/c1-3-8-16(9-4-1)20-15-14-17-12-7-13-19(17)21(20)18-10-5-2-6-11-18;1-2-5-9-7-3-6-8(9)4-1;;;;;;/h1-15H;1-7H;2*1H3;1H2;2*1H;/q;;;;;;;+2/p-2. The van der Waals surface area contributed by atoms with Crippen LogP contribution in [0.5, 0.6) is 0 Å². The van der Waals surface area contributed by atoms with E-state index in [1.165, 1.54) is 44.5 Å². The van der Waals surface area contributed by atoms with Crippen molar-refractivity contribution in [3.63, 3.8) is 0 Å². The Morgan fingerprint density at radius 2 is 1.17 bits per heavy atom. The Balaban J connectivity index is 1.62. The summed E-state index contributed by atoms with van der Waals surface area (Å²) < 4.78 is 8.81. The Labute approximate surface area is 215 Å². The Bertz CT molecular complexity index is 1700. The van der Waals surface area contributed by atoms with E-state index in [2.05, 4.69) is 131 Å². The van der Waals surface area contributed by atoms with Crippen molar-refractivity contribution in [1.29, 1.82) is 0 Å². The number of fused-ring (bicyclic) bond motifs is 2. The SMILES string of the molecule is [CH2]=[Zr]([CH3])([CH3])([Cl])([Cl])([CH]1C=Cc2ccccc21)[CH]1C=Cc2c1ccc(-c1ccccc1)c2-c1ccccc1. The monoisotopic (exact) mass is 586 g/mol. The van der Waals surface area contributed by atoms with Gasteiger partial charge in [-0.05, 0) is 0 Å². The van der Waals surface area contributed by atoms with E-state index < -0.39 is 12.9 Å². The van der Waals surface area contributed by atoms with E-state index in [9.17, 15) is 0 Å². The van der Waals surface area contributed by atoms with Gasteiger partial charge in [0.1, 0.15) is 0 Å². The van der Waals surface area contributed by atoms with Gasteiger partial charge in [0.25, 0.3) is 0 Å². The summed E-state index contributed by atoms with van der Waals surface area (Å²) >= 11 is -5.85. The summed E-state index contributed by atoms with van der Waals surface area (Å²) in [5, 5.41) is 0. The van der Waals surface area contributed by atoms with Crippen LogP contribution < -0.4 is 0 Å². The van der Waals surface area contributed by atoms with E-state index in [0.717, 1.165) is 0 Å². The fourth-order valence-corrected chi connectivity index (χ4v) is 23.8. The Kier molecular flexibility index (Phi) is 4.65. The molecule has 0 saturated heterocycles.